The maximum absolute atomic E-state index is 13.3. The maximum Gasteiger partial charge on any atom is 0.416 e. The van der Waals surface area contributed by atoms with Gasteiger partial charge in [0.15, 0.2) is 0 Å². The predicted molar refractivity (Wildman–Crippen MR) is 120 cm³/mol. The van der Waals surface area contributed by atoms with Crippen LogP contribution in [0.25, 0.3) is 0 Å². The lowest BCUT2D eigenvalue weighted by atomic mass is 10.1. The van der Waals surface area contributed by atoms with Gasteiger partial charge in [0.1, 0.15) is 6.54 Å². The minimum absolute atomic E-state index is 0.0290. The van der Waals surface area contributed by atoms with Crippen LogP contribution in [0.2, 0.25) is 5.02 Å². The van der Waals surface area contributed by atoms with Gasteiger partial charge in [0.05, 0.1) is 21.2 Å². The van der Waals surface area contributed by atoms with Gasteiger partial charge in [-0.2, -0.15) is 13.2 Å². The first-order valence-electron chi connectivity index (χ1n) is 9.75. The van der Waals surface area contributed by atoms with Crippen molar-refractivity contribution in [2.75, 3.05) is 10.8 Å². The smallest absolute Gasteiger partial charge is 0.350 e. The van der Waals surface area contributed by atoms with Crippen LogP contribution in [0.3, 0.4) is 0 Å². The Bertz CT molecular complexity index is 1250. The molecule has 10 heteroatoms. The summed E-state index contributed by atoms with van der Waals surface area (Å²) in [6.45, 7) is 0.992. The third-order valence-corrected chi connectivity index (χ3v) is 6.85. The molecule has 1 N–H and O–H groups in total. The highest BCUT2D eigenvalue weighted by molar-refractivity contribution is 7.92. The Morgan fingerprint density at radius 3 is 2.30 bits per heavy atom. The van der Waals surface area contributed by atoms with Crippen molar-refractivity contribution >= 4 is 33.2 Å². The molecule has 174 valence electrons. The standard InChI is InChI=1S/C23H20ClF3N2O3S/c1-16-9-11-19(12-10-16)33(31,32)29(21-8-3-2-7-20(21)24)15-22(30)28-14-17-5-4-6-18(13-17)23(25,26)27/h2-13H,14-15H2,1H3,(H,28,30). The third-order valence-electron chi connectivity index (χ3n) is 4.76. The van der Waals surface area contributed by atoms with Crippen molar-refractivity contribution in [3.8, 4) is 0 Å². The number of amides is 1. The summed E-state index contributed by atoms with van der Waals surface area (Å²) >= 11 is 6.21. The number of nitrogens with one attached hydrogen (secondary N) is 1. The molecule has 0 fully saturated rings. The second-order valence-corrected chi connectivity index (χ2v) is 9.52. The van der Waals surface area contributed by atoms with E-state index in [1.165, 1.54) is 36.4 Å². The Hall–Kier alpha value is -3.04. The molecule has 0 unspecified atom stereocenters. The summed E-state index contributed by atoms with van der Waals surface area (Å²) in [5.41, 5.74) is 0.351. The molecule has 1 amide bonds. The molecule has 3 aromatic rings. The van der Waals surface area contributed by atoms with Crippen LogP contribution in [0, 0.1) is 6.92 Å². The Morgan fingerprint density at radius 1 is 1.00 bits per heavy atom. The topological polar surface area (TPSA) is 66.5 Å². The van der Waals surface area contributed by atoms with Crippen molar-refractivity contribution in [2.24, 2.45) is 0 Å². The first-order chi connectivity index (χ1) is 15.5. The fraction of sp³-hybridized carbons (Fsp3) is 0.174. The van der Waals surface area contributed by atoms with E-state index < -0.39 is 34.2 Å². The molecule has 3 rings (SSSR count). The first kappa shape index (κ1) is 24.6. The van der Waals surface area contributed by atoms with Crippen molar-refractivity contribution in [3.05, 3.63) is 94.5 Å². The van der Waals surface area contributed by atoms with Gasteiger partial charge in [-0.05, 0) is 48.9 Å². The minimum Gasteiger partial charge on any atom is -0.350 e. The largest absolute Gasteiger partial charge is 0.416 e. The van der Waals surface area contributed by atoms with Gasteiger partial charge in [-0.1, -0.05) is 53.6 Å². The summed E-state index contributed by atoms with van der Waals surface area (Å²) in [4.78, 5) is 12.6. The fourth-order valence-electron chi connectivity index (χ4n) is 3.04. The number of carbonyl (C=O) groups excluding carboxylic acids is 1. The van der Waals surface area contributed by atoms with Crippen LogP contribution >= 0.6 is 11.6 Å². The van der Waals surface area contributed by atoms with Crippen LogP contribution in [0.1, 0.15) is 16.7 Å². The van der Waals surface area contributed by atoms with Crippen molar-refractivity contribution in [1.82, 2.24) is 5.32 Å². The quantitative estimate of drug-likeness (QED) is 0.490. The molecule has 3 aromatic carbocycles. The summed E-state index contributed by atoms with van der Waals surface area (Å²) in [7, 11) is -4.16. The zero-order valence-corrected chi connectivity index (χ0v) is 19.0. The van der Waals surface area contributed by atoms with E-state index in [1.807, 2.05) is 6.92 Å². The van der Waals surface area contributed by atoms with Gasteiger partial charge >= 0.3 is 6.18 Å². The molecule has 0 saturated carbocycles. The predicted octanol–water partition coefficient (Wildman–Crippen LogP) is 5.18. The van der Waals surface area contributed by atoms with E-state index >= 15 is 0 Å². The van der Waals surface area contributed by atoms with Crippen molar-refractivity contribution in [1.29, 1.82) is 0 Å². The minimum atomic E-state index is -4.51. The van der Waals surface area contributed by atoms with E-state index in [-0.39, 0.29) is 27.7 Å². The average molecular weight is 497 g/mol. The Kier molecular flexibility index (Phi) is 7.34. The highest BCUT2D eigenvalue weighted by atomic mass is 35.5. The van der Waals surface area contributed by atoms with Gasteiger partial charge < -0.3 is 5.32 Å². The number of hydrogen-bond donors (Lipinski definition) is 1. The van der Waals surface area contributed by atoms with Crippen molar-refractivity contribution in [3.63, 3.8) is 0 Å². The second kappa shape index (κ2) is 9.84. The van der Waals surface area contributed by atoms with Gasteiger partial charge in [-0.3, -0.25) is 9.10 Å². The van der Waals surface area contributed by atoms with Crippen molar-refractivity contribution < 1.29 is 26.4 Å². The van der Waals surface area contributed by atoms with Gasteiger partial charge in [-0.25, -0.2) is 8.42 Å². The highest BCUT2D eigenvalue weighted by Gasteiger charge is 2.31. The Morgan fingerprint density at radius 2 is 1.67 bits per heavy atom. The molecule has 0 aliphatic rings. The molecule has 5 nitrogen and oxygen atoms in total. The summed E-state index contributed by atoms with van der Waals surface area (Å²) in [6.07, 6.45) is -4.51. The van der Waals surface area contributed by atoms with Crippen molar-refractivity contribution in [2.45, 2.75) is 24.5 Å². The van der Waals surface area contributed by atoms with Crippen LogP contribution in [-0.2, 0) is 27.5 Å². The van der Waals surface area contributed by atoms with Crippen LogP contribution in [-0.4, -0.2) is 20.9 Å². The molecule has 0 spiro atoms. The molecular weight excluding hydrogens is 477 g/mol. The number of sulfonamides is 1. The average Bonchev–Trinajstić information content (AvgIpc) is 2.76. The second-order valence-electron chi connectivity index (χ2n) is 7.25. The summed E-state index contributed by atoms with van der Waals surface area (Å²) in [6, 6.07) is 16.8. The maximum atomic E-state index is 13.3. The molecule has 0 aliphatic carbocycles. The van der Waals surface area contributed by atoms with E-state index in [1.54, 1.807) is 24.3 Å². The number of aryl methyl sites for hydroxylation is 1. The lowest BCUT2D eigenvalue weighted by Crippen LogP contribution is -2.40. The molecule has 0 saturated heterocycles. The number of anilines is 1. The van der Waals surface area contributed by atoms with Gasteiger partial charge in [0, 0.05) is 6.54 Å². The molecule has 0 atom stereocenters. The van der Waals surface area contributed by atoms with Crippen LogP contribution in [0.4, 0.5) is 18.9 Å². The number of nitrogens with zero attached hydrogens (tertiary/aromatic N) is 1. The highest BCUT2D eigenvalue weighted by Crippen LogP contribution is 2.31. The zero-order valence-electron chi connectivity index (χ0n) is 17.4. The van der Waals surface area contributed by atoms with Crippen LogP contribution in [0.15, 0.2) is 77.7 Å². The number of benzene rings is 3. The van der Waals surface area contributed by atoms with Crippen LogP contribution < -0.4 is 9.62 Å². The Balaban J connectivity index is 1.84. The van der Waals surface area contributed by atoms with E-state index in [0.717, 1.165) is 22.0 Å². The lowest BCUT2D eigenvalue weighted by Gasteiger charge is -2.25. The molecule has 0 radical (unpaired) electrons. The summed E-state index contributed by atoms with van der Waals surface area (Å²) in [5, 5.41) is 2.60. The van der Waals surface area contributed by atoms with Gasteiger partial charge in [-0.15, -0.1) is 0 Å². The number of rotatable bonds is 7. The summed E-state index contributed by atoms with van der Waals surface area (Å²) < 4.78 is 66.2. The normalized spacial score (nSPS) is 11.8. The summed E-state index contributed by atoms with van der Waals surface area (Å²) in [5.74, 6) is -0.706. The number of halogens is 4. The first-order valence-corrected chi connectivity index (χ1v) is 11.6. The molecular formula is C23H20ClF3N2O3S. The molecule has 0 aliphatic heterocycles. The molecule has 0 bridgehead atoms. The molecule has 0 heterocycles. The lowest BCUT2D eigenvalue weighted by molar-refractivity contribution is -0.137. The third kappa shape index (κ3) is 6.06. The SMILES string of the molecule is Cc1ccc(S(=O)(=O)N(CC(=O)NCc2cccc(C(F)(F)F)c2)c2ccccc2Cl)cc1. The van der Waals surface area contributed by atoms with Gasteiger partial charge in [0.2, 0.25) is 5.91 Å². The molecule has 0 aromatic heterocycles. The van der Waals surface area contributed by atoms with Crippen LogP contribution in [0.5, 0.6) is 0 Å². The number of para-hydroxylation sites is 1. The monoisotopic (exact) mass is 496 g/mol. The van der Waals surface area contributed by atoms with Gasteiger partial charge in [0.25, 0.3) is 10.0 Å². The number of hydrogen-bond acceptors (Lipinski definition) is 3. The Labute approximate surface area is 194 Å². The fourth-order valence-corrected chi connectivity index (χ4v) is 4.76. The van der Waals surface area contributed by atoms with E-state index in [2.05, 4.69) is 5.32 Å². The van der Waals surface area contributed by atoms with E-state index in [0.29, 0.717) is 0 Å². The zero-order chi connectivity index (χ0) is 24.2. The van der Waals surface area contributed by atoms with E-state index in [4.69, 9.17) is 11.6 Å². The number of alkyl halides is 3. The molecule has 33 heavy (non-hydrogen) atoms. The van der Waals surface area contributed by atoms with E-state index in [9.17, 15) is 26.4 Å². The number of carbonyl (C=O) groups is 1.